The third-order valence-corrected chi connectivity index (χ3v) is 5.02. The largest absolute Gasteiger partial charge is 0.493 e. The van der Waals surface area contributed by atoms with Crippen molar-refractivity contribution < 1.29 is 4.74 Å². The van der Waals surface area contributed by atoms with Crippen molar-refractivity contribution in [2.75, 3.05) is 13.7 Å². The van der Waals surface area contributed by atoms with E-state index < -0.39 is 0 Å². The molecular formula is C17H31N3O. The highest BCUT2D eigenvalue weighted by molar-refractivity contribution is 5.29. The van der Waals surface area contributed by atoms with Gasteiger partial charge in [-0.2, -0.15) is 5.10 Å². The molecule has 1 unspecified atom stereocenters. The number of rotatable bonds is 7. The van der Waals surface area contributed by atoms with E-state index in [4.69, 9.17) is 4.74 Å². The Morgan fingerprint density at radius 1 is 1.29 bits per heavy atom. The second-order valence-corrected chi connectivity index (χ2v) is 6.14. The van der Waals surface area contributed by atoms with Gasteiger partial charge in [0.05, 0.1) is 25.0 Å². The van der Waals surface area contributed by atoms with Crippen LogP contribution in [0.4, 0.5) is 0 Å². The zero-order valence-electron chi connectivity index (χ0n) is 14.1. The molecular weight excluding hydrogens is 262 g/mol. The molecule has 0 radical (unpaired) electrons. The molecule has 0 bridgehead atoms. The lowest BCUT2D eigenvalue weighted by atomic mass is 9.76. The highest BCUT2D eigenvalue weighted by Gasteiger charge is 2.31. The maximum Gasteiger partial charge on any atom is 0.161 e. The molecule has 1 N–H and O–H groups in total. The Bertz CT molecular complexity index is 400. The number of aromatic nitrogens is 2. The minimum atomic E-state index is 0.366. The van der Waals surface area contributed by atoms with Crippen LogP contribution in [0.5, 0.6) is 5.75 Å². The molecule has 0 amide bonds. The fraction of sp³-hybridized carbons (Fsp3) is 0.824. The van der Waals surface area contributed by atoms with E-state index in [9.17, 15) is 0 Å². The Balaban J connectivity index is 2.21. The highest BCUT2D eigenvalue weighted by atomic mass is 16.5. The lowest BCUT2D eigenvalue weighted by Gasteiger charge is -2.34. The Labute approximate surface area is 129 Å². The fourth-order valence-electron chi connectivity index (χ4n) is 3.74. The van der Waals surface area contributed by atoms with Gasteiger partial charge in [0.2, 0.25) is 0 Å². The van der Waals surface area contributed by atoms with Crippen molar-refractivity contribution in [3.63, 3.8) is 0 Å². The van der Waals surface area contributed by atoms with Gasteiger partial charge in [-0.25, -0.2) is 0 Å². The number of aryl methyl sites for hydroxylation is 1. The summed E-state index contributed by atoms with van der Waals surface area (Å²) >= 11 is 0. The first kappa shape index (κ1) is 16.3. The maximum absolute atomic E-state index is 5.56. The molecule has 0 spiro atoms. The first-order valence-electron chi connectivity index (χ1n) is 8.58. The van der Waals surface area contributed by atoms with Crippen LogP contribution < -0.4 is 10.1 Å². The normalized spacial score (nSPS) is 24.0. The third kappa shape index (κ3) is 3.60. The van der Waals surface area contributed by atoms with Crippen molar-refractivity contribution in [2.24, 2.45) is 11.8 Å². The van der Waals surface area contributed by atoms with Crippen molar-refractivity contribution in [1.29, 1.82) is 0 Å². The van der Waals surface area contributed by atoms with Crippen LogP contribution in [-0.4, -0.2) is 23.4 Å². The quantitative estimate of drug-likeness (QED) is 0.831. The van der Waals surface area contributed by atoms with Gasteiger partial charge in [-0.15, -0.1) is 0 Å². The third-order valence-electron chi connectivity index (χ3n) is 5.02. The van der Waals surface area contributed by atoms with Crippen LogP contribution in [-0.2, 0) is 6.54 Å². The molecule has 0 aromatic carbocycles. The molecule has 1 atom stereocenters. The van der Waals surface area contributed by atoms with E-state index in [-0.39, 0.29) is 0 Å². The Kier molecular flexibility index (Phi) is 6.09. The zero-order valence-corrected chi connectivity index (χ0v) is 14.1. The van der Waals surface area contributed by atoms with Gasteiger partial charge in [0.15, 0.2) is 5.75 Å². The molecule has 1 heterocycles. The average molecular weight is 293 g/mol. The van der Waals surface area contributed by atoms with Crippen molar-refractivity contribution in [2.45, 2.75) is 65.5 Å². The molecule has 1 fully saturated rings. The predicted molar refractivity (Wildman–Crippen MR) is 86.6 cm³/mol. The molecule has 1 aromatic rings. The van der Waals surface area contributed by atoms with Crippen molar-refractivity contribution in [3.8, 4) is 5.75 Å². The van der Waals surface area contributed by atoms with Crippen molar-refractivity contribution >= 4 is 0 Å². The lowest BCUT2D eigenvalue weighted by molar-refractivity contribution is 0.211. The average Bonchev–Trinajstić information content (AvgIpc) is 2.95. The second kappa shape index (κ2) is 7.83. The Morgan fingerprint density at radius 2 is 2.00 bits per heavy atom. The van der Waals surface area contributed by atoms with E-state index in [1.807, 2.05) is 6.20 Å². The van der Waals surface area contributed by atoms with Gasteiger partial charge in [0, 0.05) is 6.54 Å². The fourth-order valence-corrected chi connectivity index (χ4v) is 3.74. The summed E-state index contributed by atoms with van der Waals surface area (Å²) in [5, 5.41) is 8.18. The highest BCUT2D eigenvalue weighted by Crippen LogP contribution is 2.40. The van der Waals surface area contributed by atoms with Crippen LogP contribution in [0.1, 0.15) is 64.6 Å². The van der Waals surface area contributed by atoms with Crippen LogP contribution >= 0.6 is 0 Å². The molecule has 2 rings (SSSR count). The molecule has 4 heteroatoms. The van der Waals surface area contributed by atoms with Gasteiger partial charge in [0.1, 0.15) is 0 Å². The van der Waals surface area contributed by atoms with E-state index in [0.29, 0.717) is 12.0 Å². The van der Waals surface area contributed by atoms with E-state index in [1.54, 1.807) is 7.11 Å². The lowest BCUT2D eigenvalue weighted by Crippen LogP contribution is -2.33. The zero-order chi connectivity index (χ0) is 15.2. The van der Waals surface area contributed by atoms with E-state index in [1.165, 1.54) is 37.8 Å². The minimum absolute atomic E-state index is 0.366. The second-order valence-electron chi connectivity index (χ2n) is 6.14. The molecule has 0 aliphatic heterocycles. The van der Waals surface area contributed by atoms with Crippen LogP contribution in [0.2, 0.25) is 0 Å². The summed E-state index contributed by atoms with van der Waals surface area (Å²) in [6.07, 6.45) is 8.55. The SMILES string of the molecule is CCNC(c1c(OC)cnn1CC)C1CCC(CC)CC1. The van der Waals surface area contributed by atoms with Gasteiger partial charge in [-0.05, 0) is 38.1 Å². The number of methoxy groups -OCH3 is 1. The first-order chi connectivity index (χ1) is 10.2. The monoisotopic (exact) mass is 293 g/mol. The van der Waals surface area contributed by atoms with Crippen LogP contribution in [0.15, 0.2) is 6.20 Å². The summed E-state index contributed by atoms with van der Waals surface area (Å²) in [6.45, 7) is 8.53. The summed E-state index contributed by atoms with van der Waals surface area (Å²) < 4.78 is 7.66. The maximum atomic E-state index is 5.56. The van der Waals surface area contributed by atoms with Gasteiger partial charge < -0.3 is 10.1 Å². The summed E-state index contributed by atoms with van der Waals surface area (Å²) in [4.78, 5) is 0. The molecule has 1 aliphatic carbocycles. The number of nitrogens with zero attached hydrogens (tertiary/aromatic N) is 2. The van der Waals surface area contributed by atoms with Crippen LogP contribution in [0, 0.1) is 11.8 Å². The minimum Gasteiger partial charge on any atom is -0.493 e. The van der Waals surface area contributed by atoms with Gasteiger partial charge in [-0.3, -0.25) is 4.68 Å². The van der Waals surface area contributed by atoms with Crippen LogP contribution in [0.3, 0.4) is 0 Å². The molecule has 120 valence electrons. The molecule has 4 nitrogen and oxygen atoms in total. The van der Waals surface area contributed by atoms with Gasteiger partial charge >= 0.3 is 0 Å². The first-order valence-corrected chi connectivity index (χ1v) is 8.58. The standard InChI is InChI=1S/C17H31N3O/c1-5-13-8-10-14(11-9-13)16(18-6-2)17-15(21-4)12-19-20(17)7-3/h12-14,16,18H,5-11H2,1-4H3. The molecule has 0 saturated heterocycles. The Hall–Kier alpha value is -1.03. The smallest absolute Gasteiger partial charge is 0.161 e. The van der Waals surface area contributed by atoms with Gasteiger partial charge in [0.25, 0.3) is 0 Å². The summed E-state index contributed by atoms with van der Waals surface area (Å²) in [6, 6.07) is 0.366. The summed E-state index contributed by atoms with van der Waals surface area (Å²) in [5.41, 5.74) is 1.24. The van der Waals surface area contributed by atoms with Crippen LogP contribution in [0.25, 0.3) is 0 Å². The Morgan fingerprint density at radius 3 is 2.52 bits per heavy atom. The summed E-state index contributed by atoms with van der Waals surface area (Å²) in [7, 11) is 1.75. The number of hydrogen-bond donors (Lipinski definition) is 1. The van der Waals surface area contributed by atoms with E-state index in [0.717, 1.165) is 24.8 Å². The number of ether oxygens (including phenoxy) is 1. The molecule has 1 saturated carbocycles. The molecule has 1 aliphatic rings. The predicted octanol–water partition coefficient (Wildman–Crippen LogP) is 3.78. The number of hydrogen-bond acceptors (Lipinski definition) is 3. The van der Waals surface area contributed by atoms with Gasteiger partial charge in [-0.1, -0.05) is 33.1 Å². The molecule has 21 heavy (non-hydrogen) atoms. The summed E-state index contributed by atoms with van der Waals surface area (Å²) in [5.74, 6) is 2.56. The van der Waals surface area contributed by atoms with E-state index >= 15 is 0 Å². The topological polar surface area (TPSA) is 39.1 Å². The van der Waals surface area contributed by atoms with Crippen molar-refractivity contribution in [1.82, 2.24) is 15.1 Å². The van der Waals surface area contributed by atoms with E-state index in [2.05, 4.69) is 35.9 Å². The number of nitrogens with one attached hydrogen (secondary N) is 1. The molecule has 1 aromatic heterocycles. The van der Waals surface area contributed by atoms with Crippen molar-refractivity contribution in [3.05, 3.63) is 11.9 Å².